The zero-order valence-electron chi connectivity index (χ0n) is 10.6. The summed E-state index contributed by atoms with van der Waals surface area (Å²) in [5, 5.41) is 22.7. The molecule has 1 atom stereocenters. The largest absolute Gasteiger partial charge is 0.504 e. The Morgan fingerprint density at radius 1 is 1.05 bits per heavy atom. The van der Waals surface area contributed by atoms with Gasteiger partial charge in [-0.15, -0.1) is 0 Å². The van der Waals surface area contributed by atoms with Crippen molar-refractivity contribution in [3.05, 3.63) is 58.6 Å². The van der Waals surface area contributed by atoms with Crippen LogP contribution in [0, 0.1) is 0 Å². The maximum Gasteiger partial charge on any atom is 0.157 e. The Balaban J connectivity index is 1.98. The maximum absolute atomic E-state index is 9.42. The van der Waals surface area contributed by atoms with Crippen LogP contribution >= 0.6 is 11.6 Å². The molecule has 0 spiro atoms. The highest BCUT2D eigenvalue weighted by Gasteiger charge is 2.06. The fraction of sp³-hybridized carbons (Fsp3) is 0.200. The molecule has 2 aromatic carbocycles. The first-order chi connectivity index (χ1) is 9.06. The van der Waals surface area contributed by atoms with Crippen LogP contribution in [0.25, 0.3) is 0 Å². The van der Waals surface area contributed by atoms with Crippen molar-refractivity contribution in [3.8, 4) is 11.5 Å². The van der Waals surface area contributed by atoms with Gasteiger partial charge >= 0.3 is 0 Å². The molecule has 100 valence electrons. The SMILES string of the molecule is CC(NCc1ccc(O)c(O)c1)c1ccc(Cl)cc1. The highest BCUT2D eigenvalue weighted by Crippen LogP contribution is 2.25. The van der Waals surface area contributed by atoms with Crippen molar-refractivity contribution in [2.45, 2.75) is 19.5 Å². The molecule has 2 aromatic rings. The minimum absolute atomic E-state index is 0.0987. The van der Waals surface area contributed by atoms with Crippen LogP contribution in [-0.4, -0.2) is 10.2 Å². The molecule has 0 radical (unpaired) electrons. The van der Waals surface area contributed by atoms with Crippen LogP contribution < -0.4 is 5.32 Å². The zero-order chi connectivity index (χ0) is 13.8. The Morgan fingerprint density at radius 2 is 1.74 bits per heavy atom. The van der Waals surface area contributed by atoms with Crippen LogP contribution in [-0.2, 0) is 6.54 Å². The third-order valence-electron chi connectivity index (χ3n) is 3.02. The lowest BCUT2D eigenvalue weighted by molar-refractivity contribution is 0.402. The molecule has 2 rings (SSSR count). The lowest BCUT2D eigenvalue weighted by Crippen LogP contribution is -2.17. The van der Waals surface area contributed by atoms with Gasteiger partial charge in [-0.1, -0.05) is 29.8 Å². The summed E-state index contributed by atoms with van der Waals surface area (Å²) in [6.45, 7) is 2.67. The first-order valence-corrected chi connectivity index (χ1v) is 6.44. The average Bonchev–Trinajstić information content (AvgIpc) is 2.40. The van der Waals surface area contributed by atoms with Crippen molar-refractivity contribution in [3.63, 3.8) is 0 Å². The Morgan fingerprint density at radius 3 is 2.37 bits per heavy atom. The Kier molecular flexibility index (Phi) is 4.30. The molecule has 4 heteroatoms. The zero-order valence-corrected chi connectivity index (χ0v) is 11.4. The lowest BCUT2D eigenvalue weighted by Gasteiger charge is -2.14. The Bertz CT molecular complexity index is 555. The molecule has 0 aliphatic rings. The minimum Gasteiger partial charge on any atom is -0.504 e. The number of rotatable bonds is 4. The quantitative estimate of drug-likeness (QED) is 0.749. The number of phenolic OH excluding ortho intramolecular Hbond substituents is 2. The van der Waals surface area contributed by atoms with Crippen molar-refractivity contribution < 1.29 is 10.2 Å². The monoisotopic (exact) mass is 277 g/mol. The van der Waals surface area contributed by atoms with E-state index in [1.807, 2.05) is 24.3 Å². The number of nitrogens with one attached hydrogen (secondary N) is 1. The highest BCUT2D eigenvalue weighted by molar-refractivity contribution is 6.30. The average molecular weight is 278 g/mol. The van der Waals surface area contributed by atoms with Gasteiger partial charge in [0.05, 0.1) is 0 Å². The van der Waals surface area contributed by atoms with Crippen molar-refractivity contribution in [2.24, 2.45) is 0 Å². The summed E-state index contributed by atoms with van der Waals surface area (Å²) in [5.74, 6) is -0.201. The van der Waals surface area contributed by atoms with Crippen molar-refractivity contribution in [1.29, 1.82) is 0 Å². The van der Waals surface area contributed by atoms with E-state index in [1.54, 1.807) is 12.1 Å². The molecule has 0 heterocycles. The standard InChI is InChI=1S/C15H16ClNO2/c1-10(12-3-5-13(16)6-4-12)17-9-11-2-7-14(18)15(19)8-11/h2-8,10,17-19H,9H2,1H3. The molecule has 0 aliphatic heterocycles. The summed E-state index contributed by atoms with van der Waals surface area (Å²) in [4.78, 5) is 0. The van der Waals surface area contributed by atoms with Crippen LogP contribution in [0.2, 0.25) is 5.02 Å². The number of halogens is 1. The van der Waals surface area contributed by atoms with Gasteiger partial charge in [-0.2, -0.15) is 0 Å². The van der Waals surface area contributed by atoms with Crippen molar-refractivity contribution in [1.82, 2.24) is 5.32 Å². The van der Waals surface area contributed by atoms with Gasteiger partial charge in [0, 0.05) is 17.6 Å². The number of hydrogen-bond acceptors (Lipinski definition) is 3. The fourth-order valence-electron chi connectivity index (χ4n) is 1.82. The van der Waals surface area contributed by atoms with Crippen LogP contribution in [0.4, 0.5) is 0 Å². The number of aromatic hydroxyl groups is 2. The highest BCUT2D eigenvalue weighted by atomic mass is 35.5. The number of phenols is 2. The molecule has 19 heavy (non-hydrogen) atoms. The first-order valence-electron chi connectivity index (χ1n) is 6.06. The maximum atomic E-state index is 9.42. The predicted molar refractivity (Wildman–Crippen MR) is 76.5 cm³/mol. The van der Waals surface area contributed by atoms with E-state index in [9.17, 15) is 10.2 Å². The van der Waals surface area contributed by atoms with Crippen LogP contribution in [0.3, 0.4) is 0 Å². The van der Waals surface area contributed by atoms with Gasteiger partial charge < -0.3 is 15.5 Å². The van der Waals surface area contributed by atoms with E-state index < -0.39 is 0 Å². The molecular formula is C15H16ClNO2. The smallest absolute Gasteiger partial charge is 0.157 e. The molecule has 0 saturated carbocycles. The van der Waals surface area contributed by atoms with E-state index in [1.165, 1.54) is 6.07 Å². The summed E-state index contributed by atoms with van der Waals surface area (Å²) in [6, 6.07) is 12.7. The van der Waals surface area contributed by atoms with E-state index in [0.29, 0.717) is 6.54 Å². The molecule has 0 fully saturated rings. The molecule has 0 aliphatic carbocycles. The number of hydrogen-bond donors (Lipinski definition) is 3. The summed E-state index contributed by atoms with van der Waals surface area (Å²) >= 11 is 5.85. The molecule has 0 amide bonds. The molecule has 0 saturated heterocycles. The van der Waals surface area contributed by atoms with E-state index in [0.717, 1.165) is 16.1 Å². The molecule has 0 aromatic heterocycles. The second-order valence-corrected chi connectivity index (χ2v) is 4.91. The molecule has 3 N–H and O–H groups in total. The molecular weight excluding hydrogens is 262 g/mol. The third kappa shape index (κ3) is 3.63. The molecule has 0 bridgehead atoms. The van der Waals surface area contributed by atoms with Gasteiger partial charge in [0.25, 0.3) is 0 Å². The van der Waals surface area contributed by atoms with E-state index in [4.69, 9.17) is 11.6 Å². The fourth-order valence-corrected chi connectivity index (χ4v) is 1.95. The van der Waals surface area contributed by atoms with Gasteiger partial charge in [-0.3, -0.25) is 0 Å². The van der Waals surface area contributed by atoms with Gasteiger partial charge in [-0.05, 0) is 42.3 Å². The van der Waals surface area contributed by atoms with Gasteiger partial charge in [0.1, 0.15) is 0 Å². The van der Waals surface area contributed by atoms with E-state index in [2.05, 4.69) is 12.2 Å². The van der Waals surface area contributed by atoms with E-state index in [-0.39, 0.29) is 17.5 Å². The predicted octanol–water partition coefficient (Wildman–Crippen LogP) is 3.60. The number of benzene rings is 2. The molecule has 1 unspecified atom stereocenters. The van der Waals surface area contributed by atoms with Crippen LogP contribution in [0.5, 0.6) is 11.5 Å². The minimum atomic E-state index is -0.102. The second kappa shape index (κ2) is 5.95. The van der Waals surface area contributed by atoms with Gasteiger partial charge in [0.2, 0.25) is 0 Å². The topological polar surface area (TPSA) is 52.5 Å². The van der Waals surface area contributed by atoms with Crippen LogP contribution in [0.1, 0.15) is 24.1 Å². The van der Waals surface area contributed by atoms with Crippen molar-refractivity contribution in [2.75, 3.05) is 0 Å². The normalized spacial score (nSPS) is 12.3. The van der Waals surface area contributed by atoms with Crippen molar-refractivity contribution >= 4 is 11.6 Å². The third-order valence-corrected chi connectivity index (χ3v) is 3.27. The Hall–Kier alpha value is -1.71. The summed E-state index contributed by atoms with van der Waals surface area (Å²) < 4.78 is 0. The molecule has 3 nitrogen and oxygen atoms in total. The van der Waals surface area contributed by atoms with Gasteiger partial charge in [0.15, 0.2) is 11.5 Å². The lowest BCUT2D eigenvalue weighted by atomic mass is 10.1. The summed E-state index contributed by atoms with van der Waals surface area (Å²) in [6.07, 6.45) is 0. The first kappa shape index (κ1) is 13.7. The van der Waals surface area contributed by atoms with E-state index >= 15 is 0 Å². The van der Waals surface area contributed by atoms with Gasteiger partial charge in [-0.25, -0.2) is 0 Å². The summed E-state index contributed by atoms with van der Waals surface area (Å²) in [7, 11) is 0. The summed E-state index contributed by atoms with van der Waals surface area (Å²) in [5.41, 5.74) is 2.06. The van der Waals surface area contributed by atoms with Crippen LogP contribution in [0.15, 0.2) is 42.5 Å². The Labute approximate surface area is 117 Å². The second-order valence-electron chi connectivity index (χ2n) is 4.48.